The van der Waals surface area contributed by atoms with Gasteiger partial charge in [-0.05, 0) is 6.07 Å². The van der Waals surface area contributed by atoms with Crippen LogP contribution >= 0.6 is 11.6 Å². The van der Waals surface area contributed by atoms with Crippen LogP contribution < -0.4 is 10.5 Å². The van der Waals surface area contributed by atoms with Crippen molar-refractivity contribution in [2.45, 2.75) is 6.54 Å². The third-order valence-electron chi connectivity index (χ3n) is 1.59. The number of hydrogen-bond donors (Lipinski definition) is 1. The summed E-state index contributed by atoms with van der Waals surface area (Å²) < 4.78 is 17.0. The maximum absolute atomic E-state index is 11.8. The van der Waals surface area contributed by atoms with Crippen molar-refractivity contribution in [3.8, 4) is 5.75 Å². The fourth-order valence-electron chi connectivity index (χ4n) is 1.02. The molecule has 0 radical (unpaired) electrons. The van der Waals surface area contributed by atoms with Gasteiger partial charge in [-0.25, -0.2) is 4.39 Å². The Morgan fingerprint density at radius 3 is 2.85 bits per heavy atom. The van der Waals surface area contributed by atoms with Gasteiger partial charge < -0.3 is 10.5 Å². The van der Waals surface area contributed by atoms with Crippen molar-refractivity contribution < 1.29 is 9.13 Å². The topological polar surface area (TPSA) is 35.2 Å². The highest BCUT2D eigenvalue weighted by molar-refractivity contribution is 6.32. The molecule has 2 N–H and O–H groups in total. The number of hydrogen-bond acceptors (Lipinski definition) is 2. The van der Waals surface area contributed by atoms with E-state index in [1.807, 2.05) is 0 Å². The molecule has 0 atom stereocenters. The third kappa shape index (κ3) is 2.57. The van der Waals surface area contributed by atoms with Crippen molar-refractivity contribution in [1.29, 1.82) is 0 Å². The number of para-hydroxylation sites is 1. The van der Waals surface area contributed by atoms with E-state index in [0.717, 1.165) is 5.56 Å². The molecular weight excluding hydrogens is 193 g/mol. The van der Waals surface area contributed by atoms with Gasteiger partial charge in [0.15, 0.2) is 0 Å². The molecule has 0 spiro atoms. The Labute approximate surface area is 81.4 Å². The fourth-order valence-corrected chi connectivity index (χ4v) is 1.27. The second kappa shape index (κ2) is 5.04. The van der Waals surface area contributed by atoms with E-state index in [1.54, 1.807) is 18.2 Å². The Balaban J connectivity index is 2.87. The second-order valence-corrected chi connectivity index (χ2v) is 2.88. The van der Waals surface area contributed by atoms with Crippen LogP contribution in [0.2, 0.25) is 5.02 Å². The monoisotopic (exact) mass is 203 g/mol. The number of benzene rings is 1. The smallest absolute Gasteiger partial charge is 0.142 e. The molecule has 0 bridgehead atoms. The molecule has 0 heterocycles. The first-order valence-corrected chi connectivity index (χ1v) is 4.33. The molecule has 2 nitrogen and oxygen atoms in total. The van der Waals surface area contributed by atoms with E-state index in [9.17, 15) is 4.39 Å². The maximum atomic E-state index is 11.8. The molecule has 4 heteroatoms. The standard InChI is InChI=1S/C9H11ClFNO/c10-8-3-1-2-7(6-12)9(8)13-5-4-11/h1-3H,4-6,12H2. The highest BCUT2D eigenvalue weighted by Gasteiger charge is 2.06. The van der Waals surface area contributed by atoms with Crippen LogP contribution in [0.1, 0.15) is 5.56 Å². The van der Waals surface area contributed by atoms with Crippen molar-refractivity contribution in [3.63, 3.8) is 0 Å². The molecule has 0 aliphatic carbocycles. The molecule has 72 valence electrons. The molecule has 0 aliphatic heterocycles. The molecule has 0 fully saturated rings. The predicted molar refractivity (Wildman–Crippen MR) is 50.8 cm³/mol. The molecule has 1 aromatic carbocycles. The Kier molecular flexibility index (Phi) is 3.99. The quantitative estimate of drug-likeness (QED) is 0.814. The predicted octanol–water partition coefficient (Wildman–Crippen LogP) is 2.15. The largest absolute Gasteiger partial charge is 0.489 e. The van der Waals surface area contributed by atoms with Crippen molar-refractivity contribution in [2.75, 3.05) is 13.3 Å². The van der Waals surface area contributed by atoms with Crippen LogP contribution in [0, 0.1) is 0 Å². The molecule has 1 rings (SSSR count). The zero-order valence-electron chi connectivity index (χ0n) is 7.09. The number of halogens is 2. The molecule has 0 aromatic heterocycles. The molecule has 0 saturated carbocycles. The van der Waals surface area contributed by atoms with Crippen molar-refractivity contribution >= 4 is 11.6 Å². The Bertz CT molecular complexity index is 280. The summed E-state index contributed by atoms with van der Waals surface area (Å²) in [5.41, 5.74) is 6.25. The molecule has 0 amide bonds. The van der Waals surface area contributed by atoms with Crippen molar-refractivity contribution in [3.05, 3.63) is 28.8 Å². The van der Waals surface area contributed by atoms with Gasteiger partial charge in [0.2, 0.25) is 0 Å². The van der Waals surface area contributed by atoms with E-state index in [-0.39, 0.29) is 6.61 Å². The lowest BCUT2D eigenvalue weighted by Crippen LogP contribution is -2.05. The van der Waals surface area contributed by atoms with Crippen LogP contribution in [0.15, 0.2) is 18.2 Å². The van der Waals surface area contributed by atoms with E-state index >= 15 is 0 Å². The first kappa shape index (κ1) is 10.3. The van der Waals surface area contributed by atoms with E-state index < -0.39 is 6.67 Å². The highest BCUT2D eigenvalue weighted by atomic mass is 35.5. The minimum absolute atomic E-state index is 0.0106. The minimum Gasteiger partial charge on any atom is -0.489 e. The molecule has 0 unspecified atom stereocenters. The van der Waals surface area contributed by atoms with Crippen LogP contribution in [-0.2, 0) is 6.54 Å². The first-order chi connectivity index (χ1) is 6.29. The van der Waals surface area contributed by atoms with E-state index in [4.69, 9.17) is 22.1 Å². The van der Waals surface area contributed by atoms with Crippen LogP contribution in [0.25, 0.3) is 0 Å². The van der Waals surface area contributed by atoms with E-state index in [2.05, 4.69) is 0 Å². The van der Waals surface area contributed by atoms with Gasteiger partial charge in [-0.1, -0.05) is 23.7 Å². The minimum atomic E-state index is -0.533. The lowest BCUT2D eigenvalue weighted by atomic mass is 10.2. The fraction of sp³-hybridized carbons (Fsp3) is 0.333. The zero-order valence-corrected chi connectivity index (χ0v) is 7.85. The van der Waals surface area contributed by atoms with Crippen LogP contribution in [0.5, 0.6) is 5.75 Å². The summed E-state index contributed by atoms with van der Waals surface area (Å²) >= 11 is 5.84. The Hall–Kier alpha value is -0.800. The van der Waals surface area contributed by atoms with Crippen LogP contribution in [-0.4, -0.2) is 13.3 Å². The second-order valence-electron chi connectivity index (χ2n) is 2.47. The van der Waals surface area contributed by atoms with Gasteiger partial charge in [0.05, 0.1) is 5.02 Å². The molecule has 1 aromatic rings. The summed E-state index contributed by atoms with van der Waals surface area (Å²) in [5, 5.41) is 0.469. The normalized spacial score (nSPS) is 10.1. The summed E-state index contributed by atoms with van der Waals surface area (Å²) in [7, 11) is 0. The maximum Gasteiger partial charge on any atom is 0.142 e. The average molecular weight is 204 g/mol. The first-order valence-electron chi connectivity index (χ1n) is 3.95. The van der Waals surface area contributed by atoms with Gasteiger partial charge in [0, 0.05) is 12.1 Å². The van der Waals surface area contributed by atoms with Gasteiger partial charge in [0.25, 0.3) is 0 Å². The highest BCUT2D eigenvalue weighted by Crippen LogP contribution is 2.28. The average Bonchev–Trinajstić information content (AvgIpc) is 2.15. The number of rotatable bonds is 4. The van der Waals surface area contributed by atoms with Gasteiger partial charge in [-0.15, -0.1) is 0 Å². The van der Waals surface area contributed by atoms with Gasteiger partial charge in [-0.2, -0.15) is 0 Å². The summed E-state index contributed by atoms with van der Waals surface area (Å²) in [5.74, 6) is 0.490. The molecule has 0 saturated heterocycles. The number of alkyl halides is 1. The van der Waals surface area contributed by atoms with Crippen molar-refractivity contribution in [2.24, 2.45) is 5.73 Å². The molecule has 13 heavy (non-hydrogen) atoms. The summed E-state index contributed by atoms with van der Waals surface area (Å²) in [6.07, 6.45) is 0. The molecular formula is C9H11ClFNO. The summed E-state index contributed by atoms with van der Waals surface area (Å²) in [4.78, 5) is 0. The van der Waals surface area contributed by atoms with Gasteiger partial charge in [-0.3, -0.25) is 0 Å². The van der Waals surface area contributed by atoms with E-state index in [0.29, 0.717) is 17.3 Å². The van der Waals surface area contributed by atoms with Gasteiger partial charge >= 0.3 is 0 Å². The van der Waals surface area contributed by atoms with Crippen molar-refractivity contribution in [1.82, 2.24) is 0 Å². The third-order valence-corrected chi connectivity index (χ3v) is 1.89. The zero-order chi connectivity index (χ0) is 9.68. The lowest BCUT2D eigenvalue weighted by molar-refractivity contribution is 0.271. The van der Waals surface area contributed by atoms with E-state index in [1.165, 1.54) is 0 Å². The van der Waals surface area contributed by atoms with Crippen LogP contribution in [0.4, 0.5) is 4.39 Å². The molecule has 0 aliphatic rings. The van der Waals surface area contributed by atoms with Crippen LogP contribution in [0.3, 0.4) is 0 Å². The number of ether oxygens (including phenoxy) is 1. The SMILES string of the molecule is NCc1cccc(Cl)c1OCCF. The Morgan fingerprint density at radius 2 is 2.23 bits per heavy atom. The summed E-state index contributed by atoms with van der Waals surface area (Å²) in [6, 6.07) is 5.28. The number of nitrogens with two attached hydrogens (primary N) is 1. The lowest BCUT2D eigenvalue weighted by Gasteiger charge is -2.10. The summed E-state index contributed by atoms with van der Waals surface area (Å²) in [6.45, 7) is -0.186. The Morgan fingerprint density at radius 1 is 1.46 bits per heavy atom. The van der Waals surface area contributed by atoms with Gasteiger partial charge in [0.1, 0.15) is 19.0 Å².